The molecule has 2 aliphatic rings. The first kappa shape index (κ1) is 15.7. The normalized spacial score (nSPS) is 34.1. The van der Waals surface area contributed by atoms with E-state index in [1.165, 1.54) is 0 Å². The molecule has 0 spiro atoms. The first-order chi connectivity index (χ1) is 9.58. The van der Waals surface area contributed by atoms with Gasteiger partial charge in [0.15, 0.2) is 0 Å². The van der Waals surface area contributed by atoms with Gasteiger partial charge in [-0.05, 0) is 12.8 Å². The number of carbonyl (C=O) groups excluding carboxylic acids is 1. The third-order valence-electron chi connectivity index (χ3n) is 3.65. The van der Waals surface area contributed by atoms with E-state index in [0.29, 0.717) is 26.3 Å². The van der Waals surface area contributed by atoms with Crippen LogP contribution in [-0.2, 0) is 18.9 Å². The van der Waals surface area contributed by atoms with Crippen molar-refractivity contribution in [1.29, 1.82) is 0 Å². The topological polar surface area (TPSA) is 57.2 Å². The zero-order valence-electron chi connectivity index (χ0n) is 12.5. The molecule has 0 bridgehead atoms. The van der Waals surface area contributed by atoms with Gasteiger partial charge in [0.1, 0.15) is 22.3 Å². The van der Waals surface area contributed by atoms with Gasteiger partial charge in [0, 0.05) is 25.7 Å². The van der Waals surface area contributed by atoms with Gasteiger partial charge in [0.05, 0.1) is 25.4 Å². The van der Waals surface area contributed by atoms with E-state index in [1.807, 2.05) is 15.7 Å². The van der Waals surface area contributed by atoms with Crippen molar-refractivity contribution in [2.75, 3.05) is 33.4 Å². The Morgan fingerprint density at radius 1 is 1.15 bits per heavy atom. The number of methoxy groups -OCH3 is 1. The number of carbonyl (C=O) groups is 1. The maximum Gasteiger partial charge on any atom is 0.410 e. The second-order valence-electron chi connectivity index (χ2n) is 5.65. The Morgan fingerprint density at radius 3 is 2.55 bits per heavy atom. The summed E-state index contributed by atoms with van der Waals surface area (Å²) >= 11 is 0. The lowest BCUT2D eigenvalue weighted by Gasteiger charge is -2.36. The second kappa shape index (κ2) is 7.33. The average Bonchev–Trinajstić information content (AvgIpc) is 2.81. The van der Waals surface area contributed by atoms with Crippen molar-refractivity contribution in [3.63, 3.8) is 0 Å². The molecule has 6 nitrogen and oxygen atoms in total. The zero-order valence-corrected chi connectivity index (χ0v) is 12.5. The van der Waals surface area contributed by atoms with Crippen LogP contribution in [0.15, 0.2) is 0 Å². The molecule has 0 saturated carbocycles. The Morgan fingerprint density at radius 2 is 1.90 bits per heavy atom. The number of nitrogens with zero attached hydrogens (tertiary/aromatic N) is 1. The molecule has 4 atom stereocenters. The summed E-state index contributed by atoms with van der Waals surface area (Å²) in [7, 11) is 5.62. The van der Waals surface area contributed by atoms with E-state index in [4.69, 9.17) is 18.9 Å². The fourth-order valence-corrected chi connectivity index (χ4v) is 2.74. The minimum Gasteiger partial charge on any atom is -0.447 e. The summed E-state index contributed by atoms with van der Waals surface area (Å²) in [6.45, 7) is 1.89. The molecule has 1 amide bonds. The Hall–Kier alpha value is -0.720. The predicted molar refractivity (Wildman–Crippen MR) is 78.4 cm³/mol. The summed E-state index contributed by atoms with van der Waals surface area (Å²) < 4.78 is 21.8. The van der Waals surface area contributed by atoms with Crippen LogP contribution >= 0.6 is 0 Å². The molecule has 0 N–H and O–H groups in total. The van der Waals surface area contributed by atoms with Gasteiger partial charge in [-0.25, -0.2) is 4.79 Å². The molecule has 0 aromatic heterocycles. The summed E-state index contributed by atoms with van der Waals surface area (Å²) in [6.07, 6.45) is 1.66. The van der Waals surface area contributed by atoms with Gasteiger partial charge in [0.25, 0.3) is 0 Å². The summed E-state index contributed by atoms with van der Waals surface area (Å²) in [5.74, 6) is 0. The summed E-state index contributed by atoms with van der Waals surface area (Å²) in [5.41, 5.74) is 0. The van der Waals surface area contributed by atoms with Crippen molar-refractivity contribution in [3.05, 3.63) is 0 Å². The fourth-order valence-electron chi connectivity index (χ4n) is 2.74. The van der Waals surface area contributed by atoms with Gasteiger partial charge in [-0.15, -0.1) is 0 Å². The molecule has 2 aliphatic heterocycles. The Kier molecular flexibility index (Phi) is 5.74. The predicted octanol–water partition coefficient (Wildman–Crippen LogP) is -1.43. The van der Waals surface area contributed by atoms with Gasteiger partial charge >= 0.3 is 6.09 Å². The monoisotopic (exact) mass is 283 g/mol. The van der Waals surface area contributed by atoms with E-state index < -0.39 is 0 Å². The summed E-state index contributed by atoms with van der Waals surface area (Å²) in [4.78, 5) is 13.8. The first-order valence-corrected chi connectivity index (χ1v) is 7.30. The zero-order chi connectivity index (χ0) is 14.5. The quantitative estimate of drug-likeness (QED) is 0.592. The third kappa shape index (κ3) is 4.40. The first-order valence-electron chi connectivity index (χ1n) is 7.30. The number of hydrogen-bond donors (Lipinski definition) is 0. The minimum absolute atomic E-state index is 0.000738. The highest BCUT2D eigenvalue weighted by atomic mass is 16.6. The molecule has 4 unspecified atom stereocenters. The van der Waals surface area contributed by atoms with E-state index in [-0.39, 0.29) is 30.3 Å². The smallest absolute Gasteiger partial charge is 0.410 e. The van der Waals surface area contributed by atoms with Crippen LogP contribution in [0.25, 0.3) is 0 Å². The molecule has 0 radical (unpaired) electrons. The Labute approximate surface area is 121 Å². The van der Waals surface area contributed by atoms with Crippen molar-refractivity contribution in [1.82, 2.24) is 4.90 Å². The molecule has 112 valence electrons. The van der Waals surface area contributed by atoms with Crippen LogP contribution in [-0.4, -0.2) is 84.3 Å². The molecule has 8 heteroatoms. The van der Waals surface area contributed by atoms with Crippen LogP contribution < -0.4 is 0 Å². The van der Waals surface area contributed by atoms with E-state index in [2.05, 4.69) is 0 Å². The third-order valence-corrected chi connectivity index (χ3v) is 3.65. The number of rotatable bonds is 4. The molecule has 20 heavy (non-hydrogen) atoms. The van der Waals surface area contributed by atoms with Gasteiger partial charge in [0.2, 0.25) is 0 Å². The highest BCUT2D eigenvalue weighted by molar-refractivity contribution is 6.11. The maximum atomic E-state index is 12.1. The van der Waals surface area contributed by atoms with Crippen LogP contribution in [0.5, 0.6) is 0 Å². The lowest BCUT2D eigenvalue weighted by Crippen LogP contribution is -2.52. The van der Waals surface area contributed by atoms with Gasteiger partial charge in [-0.2, -0.15) is 0 Å². The van der Waals surface area contributed by atoms with E-state index in [0.717, 1.165) is 12.8 Å². The molecule has 2 rings (SSSR count). The van der Waals surface area contributed by atoms with Crippen molar-refractivity contribution in [3.8, 4) is 0 Å². The highest BCUT2D eigenvalue weighted by Gasteiger charge is 2.30. The Balaban J connectivity index is 1.76. The van der Waals surface area contributed by atoms with Crippen molar-refractivity contribution in [2.45, 2.75) is 37.1 Å². The van der Waals surface area contributed by atoms with Gasteiger partial charge in [-0.1, -0.05) is 0 Å². The second-order valence-corrected chi connectivity index (χ2v) is 5.65. The summed E-state index contributed by atoms with van der Waals surface area (Å²) in [6, 6.07) is 0.271. The SMILES string of the molecule is BC1CCC(COC(=O)N2CC(B)OC(COC)C2)O1. The highest BCUT2D eigenvalue weighted by Crippen LogP contribution is 2.18. The number of amides is 1. The molecule has 2 heterocycles. The standard InChI is InChI=1S/C12H23B2NO5/c1-17-6-9-4-15(5-11(14)20-9)12(16)18-7-8-2-3-10(13)19-8/h8-11H,2-7,13-14H2,1H3. The fraction of sp³-hybridized carbons (Fsp3) is 0.917. The van der Waals surface area contributed by atoms with Crippen LogP contribution in [0.1, 0.15) is 12.8 Å². The lowest BCUT2D eigenvalue weighted by atomic mass is 9.97. The molecular formula is C12H23B2NO5. The van der Waals surface area contributed by atoms with Crippen molar-refractivity contribution >= 4 is 21.8 Å². The largest absolute Gasteiger partial charge is 0.447 e. The van der Waals surface area contributed by atoms with E-state index >= 15 is 0 Å². The molecule has 0 aromatic rings. The van der Waals surface area contributed by atoms with Crippen LogP contribution in [0, 0.1) is 0 Å². The summed E-state index contributed by atoms with van der Waals surface area (Å²) in [5, 5.41) is 0. The van der Waals surface area contributed by atoms with Crippen molar-refractivity contribution in [2.24, 2.45) is 0 Å². The molecule has 2 saturated heterocycles. The van der Waals surface area contributed by atoms with Crippen LogP contribution in [0.2, 0.25) is 0 Å². The van der Waals surface area contributed by atoms with Gasteiger partial charge in [-0.3, -0.25) is 0 Å². The average molecular weight is 283 g/mol. The van der Waals surface area contributed by atoms with Crippen LogP contribution in [0.3, 0.4) is 0 Å². The van der Waals surface area contributed by atoms with Crippen molar-refractivity contribution < 1.29 is 23.7 Å². The van der Waals surface area contributed by atoms with E-state index in [9.17, 15) is 4.79 Å². The van der Waals surface area contributed by atoms with E-state index in [1.54, 1.807) is 12.0 Å². The number of morpholine rings is 1. The molecule has 2 fully saturated rings. The minimum atomic E-state index is -0.288. The molecule has 0 aromatic carbocycles. The Bertz CT molecular complexity index is 333. The number of ether oxygens (including phenoxy) is 4. The molecular weight excluding hydrogens is 260 g/mol. The van der Waals surface area contributed by atoms with Gasteiger partial charge < -0.3 is 23.8 Å². The maximum absolute atomic E-state index is 12.1. The molecule has 0 aliphatic carbocycles. The lowest BCUT2D eigenvalue weighted by molar-refractivity contribution is -0.0764. The number of hydrogen-bond acceptors (Lipinski definition) is 5. The van der Waals surface area contributed by atoms with Crippen LogP contribution in [0.4, 0.5) is 4.79 Å².